The number of unbranched alkanes of at least 4 members (excludes halogenated alkanes) is 1. The summed E-state index contributed by atoms with van der Waals surface area (Å²) in [7, 11) is 0. The summed E-state index contributed by atoms with van der Waals surface area (Å²) >= 11 is 0. The van der Waals surface area contributed by atoms with Gasteiger partial charge in [0.15, 0.2) is 0 Å². The molecule has 1 aromatic rings. The largest absolute Gasteiger partial charge is 0.351 e. The third-order valence-corrected chi connectivity index (χ3v) is 4.40. The van der Waals surface area contributed by atoms with Gasteiger partial charge in [-0.2, -0.15) is 10.2 Å². The number of hydrogen-bond donors (Lipinski definition) is 2. The molecule has 29 heavy (non-hydrogen) atoms. The maximum atomic E-state index is 12.8. The highest BCUT2D eigenvalue weighted by molar-refractivity contribution is 6.38. The summed E-state index contributed by atoms with van der Waals surface area (Å²) in [4.78, 5) is 25.1. The first-order valence-electron chi connectivity index (χ1n) is 9.31. The standard InChI is InChI=1S/C19H26F2N6O2/c1-14(25-27(23-2)15-8-4-3-5-9-15)17(28)24-11-7-6-10-16(22)18(29)26-12-19(20,21)13-26/h3-5,8-9,16H,2,6-7,10-13,22H2,1H3,(H,24,28)/b25-14+. The number of benzene rings is 1. The first-order chi connectivity index (χ1) is 13.7. The second-order valence-electron chi connectivity index (χ2n) is 6.86. The van der Waals surface area contributed by atoms with Crippen LogP contribution in [0.2, 0.25) is 0 Å². The van der Waals surface area contributed by atoms with Crippen LogP contribution in [0, 0.1) is 0 Å². The molecule has 10 heteroatoms. The SMILES string of the molecule is C=NN(/N=C(\C)C(=O)NCCCCC(N)C(=O)N1CC(F)(F)C1)c1ccccc1. The second kappa shape index (κ2) is 10.1. The quantitative estimate of drug-likeness (QED) is 0.348. The minimum Gasteiger partial charge on any atom is -0.351 e. The van der Waals surface area contributed by atoms with Crippen LogP contribution in [0.15, 0.2) is 40.5 Å². The Hall–Kier alpha value is -2.88. The summed E-state index contributed by atoms with van der Waals surface area (Å²) in [5.74, 6) is -3.60. The summed E-state index contributed by atoms with van der Waals surface area (Å²) in [6.07, 6.45) is 1.54. The highest BCUT2D eigenvalue weighted by Gasteiger charge is 2.46. The molecule has 8 nitrogen and oxygen atoms in total. The molecule has 2 rings (SSSR count). The Balaban J connectivity index is 1.68. The van der Waals surface area contributed by atoms with Crippen molar-refractivity contribution in [1.82, 2.24) is 10.2 Å². The van der Waals surface area contributed by atoms with Crippen molar-refractivity contribution in [3.8, 4) is 0 Å². The molecule has 1 aliphatic rings. The number of hydrazone groups is 2. The molecular formula is C19H26F2N6O2. The number of nitrogens with zero attached hydrogens (tertiary/aromatic N) is 4. The molecule has 0 radical (unpaired) electrons. The molecule has 158 valence electrons. The van der Waals surface area contributed by atoms with Gasteiger partial charge in [-0.05, 0) is 38.3 Å². The van der Waals surface area contributed by atoms with Gasteiger partial charge in [-0.1, -0.05) is 18.2 Å². The van der Waals surface area contributed by atoms with Gasteiger partial charge in [0.2, 0.25) is 5.91 Å². The number of amides is 2. The van der Waals surface area contributed by atoms with E-state index in [4.69, 9.17) is 5.73 Å². The molecule has 0 spiro atoms. The molecule has 0 bridgehead atoms. The molecule has 1 saturated heterocycles. The van der Waals surface area contributed by atoms with Crippen molar-refractivity contribution in [3.05, 3.63) is 30.3 Å². The van der Waals surface area contributed by atoms with Crippen LogP contribution in [0.1, 0.15) is 26.2 Å². The van der Waals surface area contributed by atoms with Crippen molar-refractivity contribution in [2.75, 3.05) is 24.8 Å². The average Bonchev–Trinajstić information content (AvgIpc) is 2.69. The Morgan fingerprint density at radius 2 is 1.97 bits per heavy atom. The smallest absolute Gasteiger partial charge is 0.282 e. The molecule has 0 saturated carbocycles. The predicted octanol–water partition coefficient (Wildman–Crippen LogP) is 1.58. The predicted molar refractivity (Wildman–Crippen MR) is 108 cm³/mol. The topological polar surface area (TPSA) is 103 Å². The summed E-state index contributed by atoms with van der Waals surface area (Å²) in [6, 6.07) is 8.27. The first-order valence-corrected chi connectivity index (χ1v) is 9.31. The van der Waals surface area contributed by atoms with Crippen molar-refractivity contribution < 1.29 is 18.4 Å². The fourth-order valence-corrected chi connectivity index (χ4v) is 2.76. The van der Waals surface area contributed by atoms with E-state index < -0.39 is 31.0 Å². The van der Waals surface area contributed by atoms with E-state index in [1.54, 1.807) is 19.1 Å². The lowest BCUT2D eigenvalue weighted by molar-refractivity contribution is -0.167. The normalized spacial score (nSPS) is 16.6. The lowest BCUT2D eigenvalue weighted by atomic mass is 10.1. The fraction of sp³-hybridized carbons (Fsp3) is 0.474. The summed E-state index contributed by atoms with van der Waals surface area (Å²) < 4.78 is 25.6. The van der Waals surface area contributed by atoms with Crippen LogP contribution < -0.4 is 16.2 Å². The van der Waals surface area contributed by atoms with Crippen molar-refractivity contribution in [1.29, 1.82) is 0 Å². The van der Waals surface area contributed by atoms with Crippen molar-refractivity contribution in [2.45, 2.75) is 38.2 Å². The molecule has 1 heterocycles. The molecule has 0 aliphatic carbocycles. The molecule has 1 unspecified atom stereocenters. The van der Waals surface area contributed by atoms with Crippen LogP contribution in [0.5, 0.6) is 0 Å². The Morgan fingerprint density at radius 3 is 2.55 bits per heavy atom. The Morgan fingerprint density at radius 1 is 1.31 bits per heavy atom. The number of halogens is 2. The van der Waals surface area contributed by atoms with E-state index in [0.717, 1.165) is 4.90 Å². The number of hydrogen-bond acceptors (Lipinski definition) is 6. The van der Waals surface area contributed by atoms with Crippen molar-refractivity contribution in [3.63, 3.8) is 0 Å². The van der Waals surface area contributed by atoms with Crippen LogP contribution in [-0.2, 0) is 9.59 Å². The molecule has 1 aromatic carbocycles. The number of carbonyl (C=O) groups excluding carboxylic acids is 2. The van der Waals surface area contributed by atoms with Gasteiger partial charge in [0.05, 0.1) is 24.8 Å². The number of nitrogens with two attached hydrogens (primary N) is 1. The van der Waals surface area contributed by atoms with Crippen molar-refractivity contribution in [2.24, 2.45) is 15.9 Å². The number of carbonyl (C=O) groups is 2. The Bertz CT molecular complexity index is 748. The number of nitrogens with one attached hydrogen (secondary N) is 1. The molecule has 1 fully saturated rings. The van der Waals surface area contributed by atoms with Crippen LogP contribution >= 0.6 is 0 Å². The lowest BCUT2D eigenvalue weighted by Gasteiger charge is -2.39. The minimum atomic E-state index is -2.80. The Kier molecular flexibility index (Phi) is 7.77. The van der Waals surface area contributed by atoms with E-state index in [1.807, 2.05) is 18.2 Å². The number of alkyl halides is 2. The van der Waals surface area contributed by atoms with Gasteiger partial charge in [-0.3, -0.25) is 9.59 Å². The van der Waals surface area contributed by atoms with Crippen LogP contribution in [0.4, 0.5) is 14.5 Å². The van der Waals surface area contributed by atoms with E-state index in [-0.39, 0.29) is 11.6 Å². The van der Waals surface area contributed by atoms with E-state index in [0.29, 0.717) is 31.5 Å². The highest BCUT2D eigenvalue weighted by atomic mass is 19.3. The van der Waals surface area contributed by atoms with Gasteiger partial charge in [-0.15, -0.1) is 5.10 Å². The molecule has 1 aliphatic heterocycles. The number of rotatable bonds is 10. The molecular weight excluding hydrogens is 382 g/mol. The minimum absolute atomic E-state index is 0.215. The maximum absolute atomic E-state index is 12.8. The van der Waals surface area contributed by atoms with Gasteiger partial charge in [0.1, 0.15) is 5.71 Å². The average molecular weight is 408 g/mol. The third-order valence-electron chi connectivity index (χ3n) is 4.40. The molecule has 2 amide bonds. The van der Waals surface area contributed by atoms with E-state index in [1.165, 1.54) is 5.12 Å². The maximum Gasteiger partial charge on any atom is 0.282 e. The summed E-state index contributed by atoms with van der Waals surface area (Å²) in [6.45, 7) is 4.27. The van der Waals surface area contributed by atoms with E-state index in [9.17, 15) is 18.4 Å². The third kappa shape index (κ3) is 6.60. The zero-order valence-electron chi connectivity index (χ0n) is 16.4. The number of likely N-dealkylation sites (tertiary alicyclic amines) is 1. The number of para-hydroxylation sites is 1. The Labute approximate surface area is 168 Å². The van der Waals surface area contributed by atoms with E-state index in [2.05, 4.69) is 22.2 Å². The second-order valence-corrected chi connectivity index (χ2v) is 6.86. The molecule has 1 atom stereocenters. The van der Waals surface area contributed by atoms with Crippen molar-refractivity contribution >= 4 is 29.9 Å². The van der Waals surface area contributed by atoms with Crippen LogP contribution in [0.3, 0.4) is 0 Å². The first kappa shape index (κ1) is 22.4. The van der Waals surface area contributed by atoms with E-state index >= 15 is 0 Å². The van der Waals surface area contributed by atoms with Gasteiger partial charge < -0.3 is 16.0 Å². The monoisotopic (exact) mass is 408 g/mol. The lowest BCUT2D eigenvalue weighted by Crippen LogP contribution is -2.61. The zero-order valence-corrected chi connectivity index (χ0v) is 16.4. The van der Waals surface area contributed by atoms with Gasteiger partial charge in [0.25, 0.3) is 11.8 Å². The van der Waals surface area contributed by atoms with Gasteiger partial charge >= 0.3 is 0 Å². The zero-order chi connectivity index (χ0) is 21.4. The van der Waals surface area contributed by atoms with Crippen LogP contribution in [-0.4, -0.2) is 60.7 Å². The van der Waals surface area contributed by atoms with Gasteiger partial charge in [0, 0.05) is 13.3 Å². The van der Waals surface area contributed by atoms with Crippen LogP contribution in [0.25, 0.3) is 0 Å². The van der Waals surface area contributed by atoms with Gasteiger partial charge in [-0.25, -0.2) is 8.78 Å². The summed E-state index contributed by atoms with van der Waals surface area (Å²) in [5.41, 5.74) is 6.66. The molecule has 3 N–H and O–H groups in total. The number of anilines is 1. The fourth-order valence-electron chi connectivity index (χ4n) is 2.76. The molecule has 0 aromatic heterocycles. The highest BCUT2D eigenvalue weighted by Crippen LogP contribution is 2.27. The summed E-state index contributed by atoms with van der Waals surface area (Å²) in [5, 5.41) is 11.9.